The van der Waals surface area contributed by atoms with Crippen LogP contribution in [0.2, 0.25) is 5.02 Å². The highest BCUT2D eigenvalue weighted by Crippen LogP contribution is 2.48. The van der Waals surface area contributed by atoms with Gasteiger partial charge in [-0.2, -0.15) is 0 Å². The largest absolute Gasteiger partial charge is 0.205 e. The Morgan fingerprint density at radius 1 is 1.00 bits per heavy atom. The van der Waals surface area contributed by atoms with Gasteiger partial charge in [-0.25, -0.2) is 8.78 Å². The Morgan fingerprint density at radius 2 is 1.77 bits per heavy atom. The van der Waals surface area contributed by atoms with Crippen molar-refractivity contribution in [1.29, 1.82) is 0 Å². The van der Waals surface area contributed by atoms with E-state index < -0.39 is 16.7 Å². The molecule has 4 rings (SSSR count). The van der Waals surface area contributed by atoms with Gasteiger partial charge in [0.25, 0.3) is 0 Å². The van der Waals surface area contributed by atoms with Gasteiger partial charge in [0.15, 0.2) is 5.82 Å². The van der Waals surface area contributed by atoms with E-state index >= 15 is 0 Å². The van der Waals surface area contributed by atoms with Gasteiger partial charge < -0.3 is 0 Å². The lowest BCUT2D eigenvalue weighted by atomic mass is 9.63. The molecule has 4 atom stereocenters. The molecular weight excluding hydrogens is 350 g/mol. The maximum absolute atomic E-state index is 14.2. The van der Waals surface area contributed by atoms with Gasteiger partial charge in [0.2, 0.25) is 0 Å². The van der Waals surface area contributed by atoms with Crippen LogP contribution in [-0.4, -0.2) is 0 Å². The second kappa shape index (κ2) is 7.46. The summed E-state index contributed by atoms with van der Waals surface area (Å²) >= 11 is 5.71. The predicted molar refractivity (Wildman–Crippen MR) is 105 cm³/mol. The van der Waals surface area contributed by atoms with Crippen LogP contribution in [0.4, 0.5) is 8.78 Å². The topological polar surface area (TPSA) is 0 Å². The van der Waals surface area contributed by atoms with E-state index in [0.29, 0.717) is 16.7 Å². The maximum atomic E-state index is 14.2. The van der Waals surface area contributed by atoms with Crippen LogP contribution in [-0.2, 0) is 0 Å². The summed E-state index contributed by atoms with van der Waals surface area (Å²) in [7, 11) is 0. The highest BCUT2D eigenvalue weighted by molar-refractivity contribution is 6.31. The highest BCUT2D eigenvalue weighted by atomic mass is 35.5. The molecular formula is C23H27ClF2. The fourth-order valence-corrected chi connectivity index (χ4v) is 5.69. The Morgan fingerprint density at radius 3 is 2.58 bits per heavy atom. The molecule has 0 spiro atoms. The Balaban J connectivity index is 1.53. The van der Waals surface area contributed by atoms with Crippen molar-refractivity contribution in [2.75, 3.05) is 0 Å². The minimum Gasteiger partial charge on any atom is -0.205 e. The zero-order valence-corrected chi connectivity index (χ0v) is 16.2. The third-order valence-corrected chi connectivity index (χ3v) is 7.23. The van der Waals surface area contributed by atoms with Crippen molar-refractivity contribution < 1.29 is 8.78 Å². The first-order chi connectivity index (χ1) is 12.6. The van der Waals surface area contributed by atoms with Crippen LogP contribution < -0.4 is 0 Å². The summed E-state index contributed by atoms with van der Waals surface area (Å²) < 4.78 is 28.0. The number of hydrogen-bond acceptors (Lipinski definition) is 0. The maximum Gasteiger partial charge on any atom is 0.152 e. The third-order valence-electron chi connectivity index (χ3n) is 6.89. The van der Waals surface area contributed by atoms with Crippen LogP contribution in [0.1, 0.15) is 69.8 Å². The van der Waals surface area contributed by atoms with Gasteiger partial charge in [0.05, 0.1) is 0 Å². The molecule has 140 valence electrons. The molecule has 3 heteroatoms. The first-order valence-corrected chi connectivity index (χ1v) is 10.5. The molecule has 0 heterocycles. The van der Waals surface area contributed by atoms with Gasteiger partial charge in [-0.3, -0.25) is 0 Å². The minimum absolute atomic E-state index is 0.408. The summed E-state index contributed by atoms with van der Waals surface area (Å²) in [6.07, 6.45) is 10.6. The van der Waals surface area contributed by atoms with E-state index in [1.165, 1.54) is 63.0 Å². The molecule has 0 saturated heterocycles. The van der Waals surface area contributed by atoms with Crippen molar-refractivity contribution >= 4 is 22.4 Å². The van der Waals surface area contributed by atoms with Crippen molar-refractivity contribution in [2.45, 2.75) is 64.2 Å². The van der Waals surface area contributed by atoms with E-state index in [1.54, 1.807) is 6.07 Å². The normalized spacial score (nSPS) is 28.9. The van der Waals surface area contributed by atoms with Crippen LogP contribution in [0, 0.1) is 29.4 Å². The Labute approximate surface area is 159 Å². The minimum atomic E-state index is -0.674. The van der Waals surface area contributed by atoms with Gasteiger partial charge in [-0.1, -0.05) is 56.0 Å². The first-order valence-electron chi connectivity index (χ1n) is 10.1. The summed E-state index contributed by atoms with van der Waals surface area (Å²) in [5, 5.41) is 0.624. The van der Waals surface area contributed by atoms with E-state index in [0.717, 1.165) is 17.8 Å². The van der Waals surface area contributed by atoms with Crippen LogP contribution in [0.25, 0.3) is 10.8 Å². The summed E-state index contributed by atoms with van der Waals surface area (Å²) in [6, 6.07) is 7.14. The van der Waals surface area contributed by atoms with E-state index in [4.69, 9.17) is 11.6 Å². The summed E-state index contributed by atoms with van der Waals surface area (Å²) in [5.41, 5.74) is 1.23. The van der Waals surface area contributed by atoms with E-state index in [-0.39, 0.29) is 0 Å². The molecule has 0 aromatic heterocycles. The molecule has 2 aliphatic carbocycles. The van der Waals surface area contributed by atoms with Gasteiger partial charge in [0, 0.05) is 5.39 Å². The molecule has 2 fully saturated rings. The molecule has 2 aliphatic rings. The molecule has 2 saturated carbocycles. The van der Waals surface area contributed by atoms with Gasteiger partial charge in [0.1, 0.15) is 10.8 Å². The SMILES string of the molecule is CCC[C@@H]1CC[C@@H]2CC(c3ccc4c(F)c(Cl)c(F)cc4c3)CCC2C1. The molecule has 0 radical (unpaired) electrons. The quantitative estimate of drug-likeness (QED) is 0.478. The van der Waals surface area contributed by atoms with Crippen molar-refractivity contribution in [2.24, 2.45) is 17.8 Å². The molecule has 0 N–H and O–H groups in total. The number of rotatable bonds is 3. The number of benzene rings is 2. The zero-order chi connectivity index (χ0) is 18.3. The van der Waals surface area contributed by atoms with Crippen LogP contribution in [0.15, 0.2) is 24.3 Å². The monoisotopic (exact) mass is 376 g/mol. The van der Waals surface area contributed by atoms with E-state index in [1.807, 2.05) is 12.1 Å². The number of halogens is 3. The Hall–Kier alpha value is -1.15. The molecule has 26 heavy (non-hydrogen) atoms. The highest BCUT2D eigenvalue weighted by Gasteiger charge is 2.35. The zero-order valence-electron chi connectivity index (χ0n) is 15.4. The second-order valence-electron chi connectivity index (χ2n) is 8.46. The smallest absolute Gasteiger partial charge is 0.152 e. The molecule has 2 aromatic carbocycles. The lowest BCUT2D eigenvalue weighted by molar-refractivity contribution is 0.114. The van der Waals surface area contributed by atoms with E-state index in [2.05, 4.69) is 6.92 Å². The Kier molecular flexibility index (Phi) is 5.23. The van der Waals surface area contributed by atoms with Gasteiger partial charge in [-0.05, 0) is 72.8 Å². The fourth-order valence-electron chi connectivity index (χ4n) is 5.54. The van der Waals surface area contributed by atoms with Crippen LogP contribution >= 0.6 is 11.6 Å². The molecule has 0 amide bonds. The molecule has 2 unspecified atom stereocenters. The van der Waals surface area contributed by atoms with Gasteiger partial charge in [-0.15, -0.1) is 0 Å². The van der Waals surface area contributed by atoms with Crippen molar-refractivity contribution in [3.63, 3.8) is 0 Å². The van der Waals surface area contributed by atoms with E-state index in [9.17, 15) is 8.78 Å². The third kappa shape index (κ3) is 3.38. The standard InChI is InChI=1S/C23H27ClF2/c1-2-3-14-4-5-16-11-17(7-6-15(16)10-14)18-8-9-20-19(12-18)13-21(25)22(24)23(20)26/h8-9,12-17H,2-7,10-11H2,1H3/t14-,15?,16-,17?/m1/s1. The molecule has 0 bridgehead atoms. The van der Waals surface area contributed by atoms with Crippen molar-refractivity contribution in [3.05, 3.63) is 46.5 Å². The fraction of sp³-hybridized carbons (Fsp3) is 0.565. The lowest BCUT2D eigenvalue weighted by Gasteiger charge is -2.42. The average Bonchev–Trinajstić information content (AvgIpc) is 2.65. The molecule has 2 aromatic rings. The average molecular weight is 377 g/mol. The summed E-state index contributed by atoms with van der Waals surface area (Å²) in [6.45, 7) is 2.29. The Bertz CT molecular complexity index is 800. The second-order valence-corrected chi connectivity index (χ2v) is 8.84. The van der Waals surface area contributed by atoms with Gasteiger partial charge >= 0.3 is 0 Å². The lowest BCUT2D eigenvalue weighted by Crippen LogP contribution is -2.30. The predicted octanol–water partition coefficient (Wildman–Crippen LogP) is 7.87. The molecule has 0 nitrogen and oxygen atoms in total. The molecule has 0 aliphatic heterocycles. The van der Waals surface area contributed by atoms with Crippen LogP contribution in [0.3, 0.4) is 0 Å². The van der Waals surface area contributed by atoms with Crippen molar-refractivity contribution in [3.8, 4) is 0 Å². The van der Waals surface area contributed by atoms with Crippen LogP contribution in [0.5, 0.6) is 0 Å². The summed E-state index contributed by atoms with van der Waals surface area (Å²) in [4.78, 5) is 0. The first kappa shape index (κ1) is 18.2. The number of hydrogen-bond donors (Lipinski definition) is 0. The summed E-state index contributed by atoms with van der Waals surface area (Å²) in [5.74, 6) is 1.86. The van der Waals surface area contributed by atoms with Crippen molar-refractivity contribution in [1.82, 2.24) is 0 Å². The number of fused-ring (bicyclic) bond motifs is 2.